The molecule has 0 bridgehead atoms. The molecule has 3 aliphatic rings. The number of carboxylic acid groups (broad SMARTS) is 1. The number of carboxylic acids is 1. The lowest BCUT2D eigenvalue weighted by atomic mass is 9.55. The van der Waals surface area contributed by atoms with Crippen molar-refractivity contribution in [2.24, 2.45) is 29.1 Å². The first-order valence-corrected chi connectivity index (χ1v) is 9.58. The summed E-state index contributed by atoms with van der Waals surface area (Å²) in [6.07, 6.45) is 9.34. The molecular weight excluding hydrogens is 288 g/mol. The van der Waals surface area contributed by atoms with Crippen LogP contribution in [0.3, 0.4) is 0 Å². The SMILES string of the molecule is CC(C)(C)O[C@H]1CC[C@H]2[C@@H]3CC[C@@H](CC(=O)O)C[C@H]3CC[C@]12C. The van der Waals surface area contributed by atoms with Gasteiger partial charge in [0, 0.05) is 6.42 Å². The van der Waals surface area contributed by atoms with Crippen LogP contribution in [0.15, 0.2) is 0 Å². The lowest BCUT2D eigenvalue weighted by molar-refractivity contribution is -0.140. The Balaban J connectivity index is 1.68. The molecule has 0 heterocycles. The third-order valence-electron chi connectivity index (χ3n) is 7.00. The Morgan fingerprint density at radius 1 is 1.17 bits per heavy atom. The van der Waals surface area contributed by atoms with Crippen molar-refractivity contribution in [3.8, 4) is 0 Å². The molecule has 3 heteroatoms. The lowest BCUT2D eigenvalue weighted by Gasteiger charge is -2.52. The maximum absolute atomic E-state index is 11.0. The van der Waals surface area contributed by atoms with Gasteiger partial charge in [-0.3, -0.25) is 4.79 Å². The van der Waals surface area contributed by atoms with Gasteiger partial charge < -0.3 is 9.84 Å². The number of hydrogen-bond acceptors (Lipinski definition) is 2. The van der Waals surface area contributed by atoms with Gasteiger partial charge in [0.25, 0.3) is 0 Å². The third kappa shape index (κ3) is 3.45. The summed E-state index contributed by atoms with van der Waals surface area (Å²) >= 11 is 0. The van der Waals surface area contributed by atoms with Crippen LogP contribution in [0.2, 0.25) is 0 Å². The second-order valence-electron chi connectivity index (χ2n) is 9.65. The molecule has 3 aliphatic carbocycles. The number of rotatable bonds is 3. The molecule has 0 saturated heterocycles. The van der Waals surface area contributed by atoms with E-state index < -0.39 is 5.97 Å². The predicted octanol–water partition coefficient (Wildman–Crippen LogP) is 4.89. The summed E-state index contributed by atoms with van der Waals surface area (Å²) in [4.78, 5) is 11.0. The van der Waals surface area contributed by atoms with Gasteiger partial charge in [-0.1, -0.05) is 6.92 Å². The molecule has 3 saturated carbocycles. The number of aliphatic carboxylic acids is 1. The van der Waals surface area contributed by atoms with Crippen molar-refractivity contribution < 1.29 is 14.6 Å². The Morgan fingerprint density at radius 2 is 1.91 bits per heavy atom. The number of hydrogen-bond donors (Lipinski definition) is 1. The van der Waals surface area contributed by atoms with Crippen LogP contribution in [-0.4, -0.2) is 22.8 Å². The Hall–Kier alpha value is -0.570. The van der Waals surface area contributed by atoms with E-state index in [1.54, 1.807) is 0 Å². The highest BCUT2D eigenvalue weighted by molar-refractivity contribution is 5.67. The summed E-state index contributed by atoms with van der Waals surface area (Å²) in [5, 5.41) is 9.08. The molecule has 0 aromatic carbocycles. The maximum atomic E-state index is 11.0. The van der Waals surface area contributed by atoms with Crippen LogP contribution in [0.1, 0.15) is 79.1 Å². The molecule has 0 aliphatic heterocycles. The molecular formula is C20H34O3. The second kappa shape index (κ2) is 6.06. The monoisotopic (exact) mass is 322 g/mol. The minimum atomic E-state index is -0.617. The van der Waals surface area contributed by atoms with E-state index in [9.17, 15) is 4.79 Å². The smallest absolute Gasteiger partial charge is 0.303 e. The van der Waals surface area contributed by atoms with Crippen LogP contribution < -0.4 is 0 Å². The van der Waals surface area contributed by atoms with Crippen molar-refractivity contribution in [2.45, 2.75) is 90.8 Å². The van der Waals surface area contributed by atoms with Crippen molar-refractivity contribution in [2.75, 3.05) is 0 Å². The molecule has 0 amide bonds. The van der Waals surface area contributed by atoms with Crippen molar-refractivity contribution >= 4 is 5.97 Å². The van der Waals surface area contributed by atoms with Gasteiger partial charge >= 0.3 is 5.97 Å². The average molecular weight is 322 g/mol. The van der Waals surface area contributed by atoms with Crippen molar-refractivity contribution in [1.82, 2.24) is 0 Å². The predicted molar refractivity (Wildman–Crippen MR) is 91.3 cm³/mol. The molecule has 0 spiro atoms. The summed E-state index contributed by atoms with van der Waals surface area (Å²) in [5.74, 6) is 2.17. The summed E-state index contributed by atoms with van der Waals surface area (Å²) in [6, 6.07) is 0. The zero-order valence-electron chi connectivity index (χ0n) is 15.3. The van der Waals surface area contributed by atoms with Gasteiger partial charge in [0.1, 0.15) is 0 Å². The molecule has 23 heavy (non-hydrogen) atoms. The fourth-order valence-electron chi connectivity index (χ4n) is 6.07. The standard InChI is InChI=1S/C20H34O3/c1-19(2,3)23-17-8-7-16-15-6-5-13(12-18(21)22)11-14(15)9-10-20(16,17)4/h13-17H,5-12H2,1-4H3,(H,21,22)/t13-,14-,15-,16+,17+,20+/m1/s1. The molecule has 0 radical (unpaired) electrons. The Morgan fingerprint density at radius 3 is 2.57 bits per heavy atom. The van der Waals surface area contributed by atoms with E-state index in [2.05, 4.69) is 27.7 Å². The number of fused-ring (bicyclic) bond motifs is 3. The molecule has 132 valence electrons. The van der Waals surface area contributed by atoms with Crippen LogP contribution >= 0.6 is 0 Å². The Labute approximate surface area is 141 Å². The molecule has 3 nitrogen and oxygen atoms in total. The minimum Gasteiger partial charge on any atom is -0.481 e. The van der Waals surface area contributed by atoms with E-state index in [0.717, 1.165) is 30.6 Å². The summed E-state index contributed by atoms with van der Waals surface area (Å²) in [6.45, 7) is 8.99. The fourth-order valence-corrected chi connectivity index (χ4v) is 6.07. The normalized spacial score (nSPS) is 43.7. The van der Waals surface area contributed by atoms with Crippen molar-refractivity contribution in [3.63, 3.8) is 0 Å². The topological polar surface area (TPSA) is 46.5 Å². The first-order chi connectivity index (χ1) is 10.7. The van der Waals surface area contributed by atoms with Crippen LogP contribution in [0.4, 0.5) is 0 Å². The highest BCUT2D eigenvalue weighted by atomic mass is 16.5. The summed E-state index contributed by atoms with van der Waals surface area (Å²) in [5.41, 5.74) is 0.284. The van der Waals surface area contributed by atoms with E-state index in [0.29, 0.717) is 23.9 Å². The second-order valence-corrected chi connectivity index (χ2v) is 9.65. The number of ether oxygens (including phenoxy) is 1. The molecule has 0 aromatic heterocycles. The minimum absolute atomic E-state index is 0.0570. The van der Waals surface area contributed by atoms with E-state index in [1.807, 2.05) is 0 Å². The van der Waals surface area contributed by atoms with E-state index in [-0.39, 0.29) is 5.60 Å². The molecule has 3 rings (SSSR count). The van der Waals surface area contributed by atoms with Gasteiger partial charge in [-0.25, -0.2) is 0 Å². The van der Waals surface area contributed by atoms with Crippen molar-refractivity contribution in [3.05, 3.63) is 0 Å². The zero-order chi connectivity index (χ0) is 16.8. The van der Waals surface area contributed by atoms with Crippen LogP contribution in [0.5, 0.6) is 0 Å². The molecule has 3 fully saturated rings. The third-order valence-corrected chi connectivity index (χ3v) is 7.00. The lowest BCUT2D eigenvalue weighted by Crippen LogP contribution is -2.47. The van der Waals surface area contributed by atoms with Gasteiger partial charge in [-0.05, 0) is 94.8 Å². The first kappa shape index (κ1) is 17.3. The van der Waals surface area contributed by atoms with Gasteiger partial charge in [0.2, 0.25) is 0 Å². The van der Waals surface area contributed by atoms with Gasteiger partial charge in [-0.15, -0.1) is 0 Å². The Bertz CT molecular complexity index is 452. The van der Waals surface area contributed by atoms with Crippen molar-refractivity contribution in [1.29, 1.82) is 0 Å². The van der Waals surface area contributed by atoms with Crippen LogP contribution in [0.25, 0.3) is 0 Å². The maximum Gasteiger partial charge on any atom is 0.303 e. The molecule has 0 unspecified atom stereocenters. The molecule has 6 atom stereocenters. The zero-order valence-corrected chi connectivity index (χ0v) is 15.3. The van der Waals surface area contributed by atoms with Gasteiger partial charge in [0.05, 0.1) is 11.7 Å². The molecule has 0 aromatic rings. The van der Waals surface area contributed by atoms with E-state index in [1.165, 1.54) is 32.1 Å². The van der Waals surface area contributed by atoms with Gasteiger partial charge in [0.15, 0.2) is 0 Å². The highest BCUT2D eigenvalue weighted by Crippen LogP contribution is 2.61. The fraction of sp³-hybridized carbons (Fsp3) is 0.950. The summed E-state index contributed by atoms with van der Waals surface area (Å²) in [7, 11) is 0. The Kier molecular flexibility index (Phi) is 4.54. The average Bonchev–Trinajstić information content (AvgIpc) is 2.74. The largest absolute Gasteiger partial charge is 0.481 e. The molecule has 1 N–H and O–H groups in total. The van der Waals surface area contributed by atoms with Crippen LogP contribution in [0, 0.1) is 29.1 Å². The number of carbonyl (C=O) groups is 1. The highest BCUT2D eigenvalue weighted by Gasteiger charge is 2.55. The summed E-state index contributed by atoms with van der Waals surface area (Å²) < 4.78 is 6.45. The first-order valence-electron chi connectivity index (χ1n) is 9.58. The van der Waals surface area contributed by atoms with Gasteiger partial charge in [-0.2, -0.15) is 0 Å². The quantitative estimate of drug-likeness (QED) is 0.805. The van der Waals surface area contributed by atoms with E-state index in [4.69, 9.17) is 9.84 Å². The van der Waals surface area contributed by atoms with Crippen LogP contribution in [-0.2, 0) is 9.53 Å². The van der Waals surface area contributed by atoms with E-state index >= 15 is 0 Å².